The summed E-state index contributed by atoms with van der Waals surface area (Å²) in [5, 5.41) is 10.3. The highest BCUT2D eigenvalue weighted by Gasteiger charge is 2.17. The van der Waals surface area contributed by atoms with Crippen molar-refractivity contribution in [3.63, 3.8) is 0 Å². The first-order chi connectivity index (χ1) is 23.3. The van der Waals surface area contributed by atoms with Crippen molar-refractivity contribution in [3.05, 3.63) is 170 Å². The molecule has 0 radical (unpaired) electrons. The highest BCUT2D eigenvalue weighted by atomic mass is 15.1. The van der Waals surface area contributed by atoms with Crippen LogP contribution < -0.4 is 0 Å². The van der Waals surface area contributed by atoms with E-state index in [1.807, 2.05) is 0 Å². The molecule has 0 bridgehead atoms. The third-order valence-electron chi connectivity index (χ3n) is 9.75. The van der Waals surface area contributed by atoms with E-state index in [9.17, 15) is 0 Å². The van der Waals surface area contributed by atoms with Gasteiger partial charge in [-0.2, -0.15) is 0 Å². The van der Waals surface area contributed by atoms with Gasteiger partial charge in [0.05, 0.1) is 11.0 Å². The number of hydrogen-bond donors (Lipinski definition) is 0. The van der Waals surface area contributed by atoms with Crippen molar-refractivity contribution in [1.29, 1.82) is 0 Å². The molecule has 9 aromatic carbocycles. The number of aromatic nitrogens is 2. The maximum absolute atomic E-state index is 5.08. The van der Waals surface area contributed by atoms with Gasteiger partial charge in [-0.15, -0.1) is 0 Å². The largest absolute Gasteiger partial charge is 0.292 e. The predicted octanol–water partition coefficient (Wildman–Crippen LogP) is 12.1. The Bertz CT molecular complexity index is 2770. The Morgan fingerprint density at radius 3 is 1.68 bits per heavy atom. The Hall–Kier alpha value is -6.25. The second-order valence-corrected chi connectivity index (χ2v) is 12.4. The smallest absolute Gasteiger partial charge is 0.145 e. The lowest BCUT2D eigenvalue weighted by molar-refractivity contribution is 1.10. The Balaban J connectivity index is 1.12. The molecule has 0 fully saturated rings. The average Bonchev–Trinajstić information content (AvgIpc) is 3.54. The molecule has 218 valence electrons. The van der Waals surface area contributed by atoms with Gasteiger partial charge in [0.1, 0.15) is 5.82 Å². The maximum Gasteiger partial charge on any atom is 0.145 e. The zero-order chi connectivity index (χ0) is 30.9. The minimum atomic E-state index is 0.945. The molecule has 2 heteroatoms. The van der Waals surface area contributed by atoms with Gasteiger partial charge in [-0.3, -0.25) is 4.57 Å². The quantitative estimate of drug-likeness (QED) is 0.185. The molecule has 0 spiro atoms. The van der Waals surface area contributed by atoms with E-state index < -0.39 is 0 Å². The molecule has 1 heterocycles. The molecule has 0 aliphatic rings. The molecule has 47 heavy (non-hydrogen) atoms. The molecule has 0 atom stereocenters. The number of hydrogen-bond acceptors (Lipinski definition) is 1. The van der Waals surface area contributed by atoms with Crippen LogP contribution >= 0.6 is 0 Å². The molecule has 0 saturated carbocycles. The number of benzene rings is 9. The van der Waals surface area contributed by atoms with E-state index in [0.29, 0.717) is 0 Å². The van der Waals surface area contributed by atoms with Crippen LogP contribution in [0.2, 0.25) is 0 Å². The molecular weight excluding hydrogens is 569 g/mol. The van der Waals surface area contributed by atoms with Crippen molar-refractivity contribution in [2.24, 2.45) is 0 Å². The Labute approximate surface area is 272 Å². The summed E-state index contributed by atoms with van der Waals surface area (Å²) in [6.07, 6.45) is 0. The van der Waals surface area contributed by atoms with Crippen molar-refractivity contribution < 1.29 is 0 Å². The van der Waals surface area contributed by atoms with E-state index in [4.69, 9.17) is 4.98 Å². The van der Waals surface area contributed by atoms with Gasteiger partial charge in [-0.05, 0) is 95.7 Å². The second-order valence-electron chi connectivity index (χ2n) is 12.4. The van der Waals surface area contributed by atoms with Gasteiger partial charge in [-0.1, -0.05) is 140 Å². The molecule has 10 aromatic rings. The van der Waals surface area contributed by atoms with Crippen LogP contribution in [0.25, 0.3) is 93.5 Å². The first-order valence-corrected chi connectivity index (χ1v) is 16.1. The van der Waals surface area contributed by atoms with Gasteiger partial charge in [-0.25, -0.2) is 4.98 Å². The summed E-state index contributed by atoms with van der Waals surface area (Å²) in [5.74, 6) is 0.945. The molecule has 1 aromatic heterocycles. The van der Waals surface area contributed by atoms with Crippen LogP contribution in [-0.2, 0) is 0 Å². The SMILES string of the molecule is c1ccc(-n2c(-c3ccc(-c4ccc5ccc6c(-c7ccc8ccccc8c7)ccc7ccc4c5c76)cc3)nc3ccccc32)cc1. The summed E-state index contributed by atoms with van der Waals surface area (Å²) in [7, 11) is 0. The van der Waals surface area contributed by atoms with Gasteiger partial charge in [0.15, 0.2) is 0 Å². The summed E-state index contributed by atoms with van der Waals surface area (Å²) in [6, 6.07) is 61.5. The van der Waals surface area contributed by atoms with Crippen LogP contribution in [0.1, 0.15) is 0 Å². The molecule has 0 saturated heterocycles. The molecule has 10 rings (SSSR count). The van der Waals surface area contributed by atoms with Gasteiger partial charge < -0.3 is 0 Å². The number of imidazole rings is 1. The number of para-hydroxylation sites is 3. The highest BCUT2D eigenvalue weighted by molar-refractivity contribution is 6.27. The molecule has 2 nitrogen and oxygen atoms in total. The summed E-state index contributed by atoms with van der Waals surface area (Å²) in [5.41, 5.74) is 9.25. The Morgan fingerprint density at radius 1 is 0.383 bits per heavy atom. The first kappa shape index (κ1) is 26.0. The van der Waals surface area contributed by atoms with E-state index in [1.54, 1.807) is 0 Å². The lowest BCUT2D eigenvalue weighted by Gasteiger charge is -2.17. The molecule has 0 aliphatic carbocycles. The van der Waals surface area contributed by atoms with Crippen molar-refractivity contribution in [3.8, 4) is 39.3 Å². The van der Waals surface area contributed by atoms with E-state index in [-0.39, 0.29) is 0 Å². The van der Waals surface area contributed by atoms with E-state index >= 15 is 0 Å². The van der Waals surface area contributed by atoms with Crippen LogP contribution in [0, 0.1) is 0 Å². The monoisotopic (exact) mass is 596 g/mol. The van der Waals surface area contributed by atoms with Crippen LogP contribution in [0.3, 0.4) is 0 Å². The predicted molar refractivity (Wildman–Crippen MR) is 199 cm³/mol. The summed E-state index contributed by atoms with van der Waals surface area (Å²) in [4.78, 5) is 5.08. The van der Waals surface area contributed by atoms with Crippen molar-refractivity contribution in [1.82, 2.24) is 9.55 Å². The second kappa shape index (κ2) is 10.1. The van der Waals surface area contributed by atoms with E-state index in [1.165, 1.54) is 65.3 Å². The van der Waals surface area contributed by atoms with Crippen LogP contribution in [0.15, 0.2) is 170 Å². The topological polar surface area (TPSA) is 17.8 Å². The summed E-state index contributed by atoms with van der Waals surface area (Å²) >= 11 is 0. The molecule has 0 amide bonds. The molecule has 0 unspecified atom stereocenters. The summed E-state index contributed by atoms with van der Waals surface area (Å²) in [6.45, 7) is 0. The number of rotatable bonds is 4. The summed E-state index contributed by atoms with van der Waals surface area (Å²) < 4.78 is 2.26. The van der Waals surface area contributed by atoms with Crippen molar-refractivity contribution >= 4 is 54.1 Å². The Kier molecular flexibility index (Phi) is 5.61. The fraction of sp³-hybridized carbons (Fsp3) is 0. The van der Waals surface area contributed by atoms with Crippen molar-refractivity contribution in [2.45, 2.75) is 0 Å². The zero-order valence-corrected chi connectivity index (χ0v) is 25.6. The van der Waals surface area contributed by atoms with E-state index in [2.05, 4.69) is 174 Å². The third kappa shape index (κ3) is 4.02. The number of fused-ring (bicyclic) bond motifs is 2. The van der Waals surface area contributed by atoms with Gasteiger partial charge in [0.2, 0.25) is 0 Å². The molecule has 0 aliphatic heterocycles. The van der Waals surface area contributed by atoms with Gasteiger partial charge >= 0.3 is 0 Å². The zero-order valence-electron chi connectivity index (χ0n) is 25.6. The fourth-order valence-electron chi connectivity index (χ4n) is 7.52. The van der Waals surface area contributed by atoms with Gasteiger partial charge in [0.25, 0.3) is 0 Å². The van der Waals surface area contributed by atoms with Gasteiger partial charge in [0, 0.05) is 11.3 Å². The third-order valence-corrected chi connectivity index (χ3v) is 9.75. The minimum absolute atomic E-state index is 0.945. The minimum Gasteiger partial charge on any atom is -0.292 e. The maximum atomic E-state index is 5.08. The normalized spacial score (nSPS) is 11.8. The van der Waals surface area contributed by atoms with Crippen LogP contribution in [0.4, 0.5) is 0 Å². The average molecular weight is 597 g/mol. The van der Waals surface area contributed by atoms with E-state index in [0.717, 1.165) is 28.1 Å². The first-order valence-electron chi connectivity index (χ1n) is 16.1. The standard InChI is InChI=1S/C45H28N2/c1-2-10-36(11-3-1)47-42-13-7-6-12-41(42)46-45(47)33-17-15-30(16-18-33)37-24-20-31-23-27-40-38(25-21-32-22-26-39(37)43(31)44(32)40)35-19-14-29-8-4-5-9-34(29)28-35/h1-28H. The van der Waals surface area contributed by atoms with Crippen molar-refractivity contribution in [2.75, 3.05) is 0 Å². The fourth-order valence-corrected chi connectivity index (χ4v) is 7.52. The lowest BCUT2D eigenvalue weighted by atomic mass is 9.87. The highest BCUT2D eigenvalue weighted by Crippen LogP contribution is 2.43. The number of nitrogens with zero attached hydrogens (tertiary/aromatic N) is 2. The molecule has 0 N–H and O–H groups in total. The Morgan fingerprint density at radius 2 is 0.936 bits per heavy atom. The lowest BCUT2D eigenvalue weighted by Crippen LogP contribution is -1.97. The van der Waals surface area contributed by atoms with Crippen LogP contribution in [0.5, 0.6) is 0 Å². The van der Waals surface area contributed by atoms with Crippen LogP contribution in [-0.4, -0.2) is 9.55 Å². The molecular formula is C45H28N2.